The Morgan fingerprint density at radius 1 is 1.28 bits per heavy atom. The first kappa shape index (κ1) is 13.3. The largest absolute Gasteiger partial charge is 0.373 e. The van der Waals surface area contributed by atoms with Crippen LogP contribution in [0.5, 0.6) is 0 Å². The third-order valence-electron chi connectivity index (χ3n) is 2.78. The predicted octanol–water partition coefficient (Wildman–Crippen LogP) is 0.173. The van der Waals surface area contributed by atoms with Gasteiger partial charge >= 0.3 is 0 Å². The van der Waals surface area contributed by atoms with Gasteiger partial charge in [-0.15, -0.1) is 0 Å². The van der Waals surface area contributed by atoms with Gasteiger partial charge in [-0.3, -0.25) is 4.79 Å². The summed E-state index contributed by atoms with van der Waals surface area (Å²) in [5.74, 6) is 0. The predicted molar refractivity (Wildman–Crippen MR) is 65.8 cm³/mol. The molecular weight excluding hydrogens is 256 g/mol. The minimum Gasteiger partial charge on any atom is -0.373 e. The fourth-order valence-corrected chi connectivity index (χ4v) is 3.59. The summed E-state index contributed by atoms with van der Waals surface area (Å²) in [6.45, 7) is 4.33. The van der Waals surface area contributed by atoms with Gasteiger partial charge in [0.2, 0.25) is 15.6 Å². The molecule has 2 rings (SSSR count). The zero-order valence-corrected chi connectivity index (χ0v) is 11.1. The van der Waals surface area contributed by atoms with E-state index in [1.165, 1.54) is 22.6 Å². The minimum atomic E-state index is -3.56. The second-order valence-corrected chi connectivity index (χ2v) is 6.41. The second-order valence-electron chi connectivity index (χ2n) is 4.47. The van der Waals surface area contributed by atoms with Gasteiger partial charge in [-0.25, -0.2) is 8.42 Å². The Morgan fingerprint density at radius 2 is 1.89 bits per heavy atom. The molecule has 1 aromatic heterocycles. The minimum absolute atomic E-state index is 0.100. The van der Waals surface area contributed by atoms with Gasteiger partial charge in [-0.05, 0) is 19.9 Å². The first-order valence-corrected chi connectivity index (χ1v) is 7.18. The average Bonchev–Trinajstić information content (AvgIpc) is 2.28. The van der Waals surface area contributed by atoms with Gasteiger partial charge < -0.3 is 9.72 Å². The summed E-state index contributed by atoms with van der Waals surface area (Å²) in [7, 11) is -3.56. The highest BCUT2D eigenvalue weighted by Gasteiger charge is 2.32. The van der Waals surface area contributed by atoms with Crippen LogP contribution in [0.3, 0.4) is 0 Å². The lowest BCUT2D eigenvalue weighted by atomic mass is 10.3. The van der Waals surface area contributed by atoms with Gasteiger partial charge in [-0.2, -0.15) is 4.31 Å². The zero-order chi connectivity index (χ0) is 13.3. The topological polar surface area (TPSA) is 79.5 Å². The third-order valence-corrected chi connectivity index (χ3v) is 4.61. The summed E-state index contributed by atoms with van der Waals surface area (Å²) in [6, 6.07) is 2.53. The highest BCUT2D eigenvalue weighted by molar-refractivity contribution is 7.89. The molecule has 6 nitrogen and oxygen atoms in total. The Kier molecular flexibility index (Phi) is 3.56. The van der Waals surface area contributed by atoms with Gasteiger partial charge in [0.1, 0.15) is 0 Å². The van der Waals surface area contributed by atoms with Crippen molar-refractivity contribution in [1.29, 1.82) is 0 Å². The second kappa shape index (κ2) is 4.83. The molecule has 1 aliphatic rings. The van der Waals surface area contributed by atoms with Gasteiger partial charge in [0.05, 0.1) is 17.1 Å². The fraction of sp³-hybridized carbons (Fsp3) is 0.545. The molecule has 2 heterocycles. The maximum absolute atomic E-state index is 12.3. The number of sulfonamides is 1. The van der Waals surface area contributed by atoms with E-state index >= 15 is 0 Å². The summed E-state index contributed by atoms with van der Waals surface area (Å²) < 4.78 is 31.6. The molecule has 1 aromatic rings. The van der Waals surface area contributed by atoms with Crippen molar-refractivity contribution in [2.75, 3.05) is 13.1 Å². The van der Waals surface area contributed by atoms with Crippen LogP contribution in [0.15, 0.2) is 28.0 Å². The third kappa shape index (κ3) is 2.63. The molecule has 0 saturated carbocycles. The van der Waals surface area contributed by atoms with E-state index in [-0.39, 0.29) is 22.7 Å². The van der Waals surface area contributed by atoms with E-state index < -0.39 is 10.0 Å². The summed E-state index contributed by atoms with van der Waals surface area (Å²) in [5.41, 5.74) is -0.322. The number of nitrogens with one attached hydrogen (secondary N) is 1. The summed E-state index contributed by atoms with van der Waals surface area (Å²) in [6.07, 6.45) is 0.959. The maximum Gasteiger partial charge on any atom is 0.247 e. The molecule has 0 aliphatic carbocycles. The van der Waals surface area contributed by atoms with Crippen LogP contribution in [-0.4, -0.2) is 43.0 Å². The number of hydrogen-bond donors (Lipinski definition) is 1. The maximum atomic E-state index is 12.3. The molecule has 0 amide bonds. The van der Waals surface area contributed by atoms with Crippen molar-refractivity contribution in [2.45, 2.75) is 31.0 Å². The summed E-state index contributed by atoms with van der Waals surface area (Å²) in [4.78, 5) is 13.4. The number of pyridine rings is 1. The molecule has 1 N–H and O–H groups in total. The molecule has 1 saturated heterocycles. The van der Waals surface area contributed by atoms with Gasteiger partial charge in [0.15, 0.2) is 0 Å². The Morgan fingerprint density at radius 3 is 2.39 bits per heavy atom. The van der Waals surface area contributed by atoms with Crippen molar-refractivity contribution >= 4 is 10.0 Å². The Balaban J connectivity index is 2.30. The molecular formula is C11H16N2O4S. The molecule has 7 heteroatoms. The highest BCUT2D eigenvalue weighted by Crippen LogP contribution is 2.19. The smallest absolute Gasteiger partial charge is 0.247 e. The van der Waals surface area contributed by atoms with Crippen molar-refractivity contribution < 1.29 is 13.2 Å². The summed E-state index contributed by atoms with van der Waals surface area (Å²) in [5, 5.41) is 0. The molecule has 1 fully saturated rings. The van der Waals surface area contributed by atoms with Gasteiger partial charge in [0, 0.05) is 25.4 Å². The molecule has 1 aliphatic heterocycles. The standard InChI is InChI=1S/C11H16N2O4S/c1-8-6-13(7-9(2)17-8)18(15,16)10-3-4-11(14)12-5-10/h3-5,8-9H,6-7H2,1-2H3,(H,12,14). The number of hydrogen-bond acceptors (Lipinski definition) is 4. The highest BCUT2D eigenvalue weighted by atomic mass is 32.2. The molecule has 2 unspecified atom stereocenters. The van der Waals surface area contributed by atoms with Gasteiger partial charge in [-0.1, -0.05) is 0 Å². The van der Waals surface area contributed by atoms with Crippen molar-refractivity contribution in [2.24, 2.45) is 0 Å². The molecule has 0 bridgehead atoms. The Bertz CT molecular complexity index is 550. The van der Waals surface area contributed by atoms with E-state index in [9.17, 15) is 13.2 Å². The first-order chi connectivity index (χ1) is 8.39. The molecule has 0 aromatic carbocycles. The van der Waals surface area contributed by atoms with E-state index in [1.807, 2.05) is 13.8 Å². The quantitative estimate of drug-likeness (QED) is 0.832. The lowest BCUT2D eigenvalue weighted by Crippen LogP contribution is -2.48. The van der Waals surface area contributed by atoms with E-state index in [0.717, 1.165) is 0 Å². The van der Waals surface area contributed by atoms with Crippen molar-refractivity contribution in [3.05, 3.63) is 28.7 Å². The van der Waals surface area contributed by atoms with Crippen molar-refractivity contribution in [3.8, 4) is 0 Å². The number of H-pyrrole nitrogens is 1. The van der Waals surface area contributed by atoms with E-state index in [4.69, 9.17) is 4.74 Å². The fourth-order valence-electron chi connectivity index (χ4n) is 2.03. The van der Waals surface area contributed by atoms with Crippen LogP contribution in [0.25, 0.3) is 0 Å². The lowest BCUT2D eigenvalue weighted by Gasteiger charge is -2.34. The average molecular weight is 272 g/mol. The Hall–Kier alpha value is -1.18. The van der Waals surface area contributed by atoms with E-state index in [2.05, 4.69) is 4.98 Å². The SMILES string of the molecule is CC1CN(S(=O)(=O)c2ccc(=O)[nH]c2)CC(C)O1. The number of aromatic amines is 1. The number of rotatable bonds is 2. The number of morpholine rings is 1. The van der Waals surface area contributed by atoms with Crippen LogP contribution < -0.4 is 5.56 Å². The van der Waals surface area contributed by atoms with Crippen LogP contribution in [0.2, 0.25) is 0 Å². The van der Waals surface area contributed by atoms with Gasteiger partial charge in [0.25, 0.3) is 0 Å². The zero-order valence-electron chi connectivity index (χ0n) is 10.3. The number of nitrogens with zero attached hydrogens (tertiary/aromatic N) is 1. The van der Waals surface area contributed by atoms with Crippen molar-refractivity contribution in [1.82, 2.24) is 9.29 Å². The first-order valence-electron chi connectivity index (χ1n) is 5.74. The molecule has 0 radical (unpaired) electrons. The number of aromatic nitrogens is 1. The lowest BCUT2D eigenvalue weighted by molar-refractivity contribution is -0.0440. The molecule has 100 valence electrons. The normalized spacial score (nSPS) is 26.1. The Labute approximate surface area is 106 Å². The van der Waals surface area contributed by atoms with Crippen molar-refractivity contribution in [3.63, 3.8) is 0 Å². The monoisotopic (exact) mass is 272 g/mol. The molecule has 2 atom stereocenters. The summed E-state index contributed by atoms with van der Waals surface area (Å²) >= 11 is 0. The number of ether oxygens (including phenoxy) is 1. The molecule has 0 spiro atoms. The van der Waals surface area contributed by atoms with Crippen LogP contribution in [0, 0.1) is 0 Å². The van der Waals surface area contributed by atoms with Crippen LogP contribution in [0.4, 0.5) is 0 Å². The van der Waals surface area contributed by atoms with Crippen LogP contribution in [-0.2, 0) is 14.8 Å². The van der Waals surface area contributed by atoms with Crippen LogP contribution >= 0.6 is 0 Å². The van der Waals surface area contributed by atoms with E-state index in [0.29, 0.717) is 13.1 Å². The van der Waals surface area contributed by atoms with E-state index in [1.54, 1.807) is 0 Å². The molecule has 18 heavy (non-hydrogen) atoms. The van der Waals surface area contributed by atoms with Crippen LogP contribution in [0.1, 0.15) is 13.8 Å².